The molecule has 4 nitrogen and oxygen atoms in total. The molecule has 0 bridgehead atoms. The van der Waals surface area contributed by atoms with Gasteiger partial charge >= 0.3 is 5.97 Å². The van der Waals surface area contributed by atoms with Crippen LogP contribution >= 0.6 is 11.3 Å². The lowest BCUT2D eigenvalue weighted by atomic mass is 9.85. The first-order valence-corrected chi connectivity index (χ1v) is 7.17. The van der Waals surface area contributed by atoms with E-state index in [1.54, 1.807) is 0 Å². The number of rotatable bonds is 3. The van der Waals surface area contributed by atoms with Gasteiger partial charge in [-0.2, -0.15) is 0 Å². The van der Waals surface area contributed by atoms with Crippen molar-refractivity contribution in [3.8, 4) is 0 Å². The van der Waals surface area contributed by atoms with Gasteiger partial charge in [-0.05, 0) is 37.7 Å². The first-order valence-electron chi connectivity index (χ1n) is 6.35. The van der Waals surface area contributed by atoms with Crippen molar-refractivity contribution in [2.75, 3.05) is 5.32 Å². The molecule has 0 unspecified atom stereocenters. The van der Waals surface area contributed by atoms with Gasteiger partial charge in [-0.25, -0.2) is 4.79 Å². The zero-order valence-electron chi connectivity index (χ0n) is 9.99. The van der Waals surface area contributed by atoms with Crippen LogP contribution in [-0.4, -0.2) is 17.0 Å². The summed E-state index contributed by atoms with van der Waals surface area (Å²) in [6, 6.07) is 0. The Balaban J connectivity index is 1.87. The molecule has 96 valence electrons. The van der Waals surface area contributed by atoms with E-state index in [0.717, 1.165) is 49.0 Å². The smallest absolute Gasteiger partial charge is 0.339 e. The minimum Gasteiger partial charge on any atom is -0.478 e. The van der Waals surface area contributed by atoms with Gasteiger partial charge < -0.3 is 10.4 Å². The lowest BCUT2D eigenvalue weighted by Gasteiger charge is -2.23. The lowest BCUT2D eigenvalue weighted by Crippen LogP contribution is -2.28. The van der Waals surface area contributed by atoms with E-state index in [1.807, 2.05) is 0 Å². The molecule has 0 aromatic carbocycles. The maximum atomic E-state index is 11.9. The third-order valence-corrected chi connectivity index (χ3v) is 5.06. The molecular formula is C13H15NO3S. The molecular weight excluding hydrogens is 250 g/mol. The van der Waals surface area contributed by atoms with E-state index >= 15 is 0 Å². The Morgan fingerprint density at radius 2 is 2.00 bits per heavy atom. The zero-order chi connectivity index (χ0) is 12.7. The maximum Gasteiger partial charge on any atom is 0.339 e. The quantitative estimate of drug-likeness (QED) is 0.883. The molecule has 2 N–H and O–H groups in total. The molecule has 1 saturated carbocycles. The molecule has 0 spiro atoms. The first-order chi connectivity index (χ1) is 8.66. The second-order valence-electron chi connectivity index (χ2n) is 4.98. The van der Waals surface area contributed by atoms with E-state index in [0.29, 0.717) is 10.6 Å². The summed E-state index contributed by atoms with van der Waals surface area (Å²) in [7, 11) is 0. The molecule has 1 fully saturated rings. The topological polar surface area (TPSA) is 66.4 Å². The van der Waals surface area contributed by atoms with Gasteiger partial charge in [0.2, 0.25) is 5.91 Å². The Hall–Kier alpha value is -1.36. The minimum atomic E-state index is -0.918. The number of carboxylic acid groups (broad SMARTS) is 1. The van der Waals surface area contributed by atoms with Crippen molar-refractivity contribution in [1.82, 2.24) is 0 Å². The molecule has 1 aromatic rings. The molecule has 3 rings (SSSR count). The summed E-state index contributed by atoms with van der Waals surface area (Å²) in [4.78, 5) is 24.4. The van der Waals surface area contributed by atoms with Crippen molar-refractivity contribution in [2.45, 2.75) is 38.5 Å². The van der Waals surface area contributed by atoms with Crippen LogP contribution in [0.1, 0.15) is 46.5 Å². The van der Waals surface area contributed by atoms with Crippen molar-refractivity contribution < 1.29 is 14.7 Å². The molecule has 0 atom stereocenters. The maximum absolute atomic E-state index is 11.9. The monoisotopic (exact) mass is 265 g/mol. The van der Waals surface area contributed by atoms with Crippen molar-refractivity contribution in [1.29, 1.82) is 0 Å². The number of aromatic carboxylic acids is 1. The fourth-order valence-electron chi connectivity index (χ4n) is 2.60. The van der Waals surface area contributed by atoms with Crippen LogP contribution in [0.4, 0.5) is 5.00 Å². The normalized spacial score (nSPS) is 18.2. The van der Waals surface area contributed by atoms with Gasteiger partial charge in [-0.15, -0.1) is 11.3 Å². The number of anilines is 1. The summed E-state index contributed by atoms with van der Waals surface area (Å²) in [6.45, 7) is 0. The molecule has 1 aromatic heterocycles. The summed E-state index contributed by atoms with van der Waals surface area (Å²) >= 11 is 1.44. The third kappa shape index (κ3) is 1.82. The molecule has 5 heteroatoms. The standard InChI is InChI=1S/C13H15NO3S/c15-11(7-3-1-4-7)14-12-10(13(16)17)8-5-2-6-9(8)18-12/h7H,1-6H2,(H,14,15)(H,16,17). The van der Waals surface area contributed by atoms with Gasteiger partial charge in [-0.3, -0.25) is 4.79 Å². The van der Waals surface area contributed by atoms with Crippen molar-refractivity contribution in [2.24, 2.45) is 5.92 Å². The number of hydrogen-bond acceptors (Lipinski definition) is 3. The molecule has 1 heterocycles. The highest BCUT2D eigenvalue weighted by molar-refractivity contribution is 7.17. The number of carboxylic acids is 1. The molecule has 18 heavy (non-hydrogen) atoms. The Morgan fingerprint density at radius 3 is 2.61 bits per heavy atom. The number of fused-ring (bicyclic) bond motifs is 1. The Morgan fingerprint density at radius 1 is 1.22 bits per heavy atom. The number of thiophene rings is 1. The summed E-state index contributed by atoms with van der Waals surface area (Å²) in [5.74, 6) is -0.842. The third-order valence-electron chi connectivity index (χ3n) is 3.85. The van der Waals surface area contributed by atoms with Gasteiger partial charge in [0.05, 0.1) is 5.56 Å². The van der Waals surface area contributed by atoms with Crippen molar-refractivity contribution in [3.63, 3.8) is 0 Å². The average Bonchev–Trinajstić information content (AvgIpc) is 2.72. The Bertz CT molecular complexity index is 517. The van der Waals surface area contributed by atoms with Gasteiger partial charge in [0.1, 0.15) is 5.00 Å². The highest BCUT2D eigenvalue weighted by Crippen LogP contribution is 2.39. The molecule has 0 radical (unpaired) electrons. The second-order valence-corrected chi connectivity index (χ2v) is 6.09. The Labute approximate surface area is 109 Å². The number of hydrogen-bond donors (Lipinski definition) is 2. The summed E-state index contributed by atoms with van der Waals surface area (Å²) in [5.41, 5.74) is 1.27. The number of carbonyl (C=O) groups is 2. The number of aryl methyl sites for hydroxylation is 1. The van der Waals surface area contributed by atoms with E-state index in [1.165, 1.54) is 11.3 Å². The molecule has 2 aliphatic carbocycles. The summed E-state index contributed by atoms with van der Waals surface area (Å²) < 4.78 is 0. The highest BCUT2D eigenvalue weighted by atomic mass is 32.1. The van der Waals surface area contributed by atoms with Crippen LogP contribution in [0.3, 0.4) is 0 Å². The van der Waals surface area contributed by atoms with E-state index in [9.17, 15) is 14.7 Å². The first kappa shape index (κ1) is 11.7. The second kappa shape index (κ2) is 4.39. The van der Waals surface area contributed by atoms with Gasteiger partial charge in [0, 0.05) is 10.8 Å². The van der Waals surface area contributed by atoms with Gasteiger partial charge in [-0.1, -0.05) is 6.42 Å². The van der Waals surface area contributed by atoms with Gasteiger partial charge in [0.15, 0.2) is 0 Å². The predicted octanol–water partition coefficient (Wildman–Crippen LogP) is 2.67. The van der Waals surface area contributed by atoms with Crippen LogP contribution < -0.4 is 5.32 Å². The van der Waals surface area contributed by atoms with Crippen molar-refractivity contribution >= 4 is 28.2 Å². The van der Waals surface area contributed by atoms with E-state index < -0.39 is 5.97 Å². The molecule has 0 saturated heterocycles. The molecule has 0 aliphatic heterocycles. The minimum absolute atomic E-state index is 0.0105. The fraction of sp³-hybridized carbons (Fsp3) is 0.538. The number of carbonyl (C=O) groups excluding carboxylic acids is 1. The summed E-state index contributed by atoms with van der Waals surface area (Å²) in [6.07, 6.45) is 5.76. The van der Waals surface area contributed by atoms with Crippen LogP contribution in [0.25, 0.3) is 0 Å². The summed E-state index contributed by atoms with van der Waals surface area (Å²) in [5, 5.41) is 12.7. The van der Waals surface area contributed by atoms with E-state index in [4.69, 9.17) is 0 Å². The van der Waals surface area contributed by atoms with Crippen molar-refractivity contribution in [3.05, 3.63) is 16.0 Å². The fourth-order valence-corrected chi connectivity index (χ4v) is 3.89. The van der Waals surface area contributed by atoms with Crippen LogP contribution in [0.2, 0.25) is 0 Å². The van der Waals surface area contributed by atoms with Crippen LogP contribution in [0, 0.1) is 5.92 Å². The average molecular weight is 265 g/mol. The van der Waals surface area contributed by atoms with Crippen LogP contribution in [0.15, 0.2) is 0 Å². The van der Waals surface area contributed by atoms with Crippen LogP contribution in [-0.2, 0) is 17.6 Å². The zero-order valence-corrected chi connectivity index (χ0v) is 10.8. The number of nitrogens with one attached hydrogen (secondary N) is 1. The van der Waals surface area contributed by atoms with E-state index in [-0.39, 0.29) is 11.8 Å². The van der Waals surface area contributed by atoms with Gasteiger partial charge in [0.25, 0.3) is 0 Å². The Kier molecular flexibility index (Phi) is 2.86. The molecule has 1 amide bonds. The molecule has 2 aliphatic rings. The van der Waals surface area contributed by atoms with Crippen LogP contribution in [0.5, 0.6) is 0 Å². The largest absolute Gasteiger partial charge is 0.478 e. The predicted molar refractivity (Wildman–Crippen MR) is 69.3 cm³/mol. The lowest BCUT2D eigenvalue weighted by molar-refractivity contribution is -0.122. The number of amides is 1. The highest BCUT2D eigenvalue weighted by Gasteiger charge is 2.30. The van der Waals surface area contributed by atoms with E-state index in [2.05, 4.69) is 5.32 Å². The SMILES string of the molecule is O=C(O)c1c(NC(=O)C2CCC2)sc2c1CCC2.